The normalized spacial score (nSPS) is 22.0. The molecule has 19 heavy (non-hydrogen) atoms. The summed E-state index contributed by atoms with van der Waals surface area (Å²) in [5, 5.41) is 6.36. The molecule has 1 heterocycles. The van der Waals surface area contributed by atoms with E-state index in [0.29, 0.717) is 5.56 Å². The van der Waals surface area contributed by atoms with Crippen LogP contribution in [-0.4, -0.2) is 25.0 Å². The standard InChI is InChI=1S/C15H21FN2O/c1-10-6-11(8-12(16)7-10)14(19)18-13-4-5-17-9-15(13,2)3/h6-8,13,17H,4-5,9H2,1-3H3,(H,18,19). The van der Waals surface area contributed by atoms with Gasteiger partial charge >= 0.3 is 0 Å². The Morgan fingerprint density at radius 2 is 2.16 bits per heavy atom. The number of benzene rings is 1. The van der Waals surface area contributed by atoms with Gasteiger partial charge < -0.3 is 10.6 Å². The summed E-state index contributed by atoms with van der Waals surface area (Å²) in [5.41, 5.74) is 1.16. The molecule has 0 aromatic heterocycles. The lowest BCUT2D eigenvalue weighted by Crippen LogP contribution is -2.54. The molecule has 1 amide bonds. The van der Waals surface area contributed by atoms with Gasteiger partial charge in [-0.1, -0.05) is 13.8 Å². The number of hydrogen-bond acceptors (Lipinski definition) is 2. The lowest BCUT2D eigenvalue weighted by molar-refractivity contribution is 0.0868. The summed E-state index contributed by atoms with van der Waals surface area (Å²) in [6, 6.07) is 4.54. The summed E-state index contributed by atoms with van der Waals surface area (Å²) in [6.45, 7) is 7.81. The van der Waals surface area contributed by atoms with Crippen LogP contribution in [0.4, 0.5) is 4.39 Å². The topological polar surface area (TPSA) is 41.1 Å². The largest absolute Gasteiger partial charge is 0.349 e. The summed E-state index contributed by atoms with van der Waals surface area (Å²) in [5.74, 6) is -0.558. The Kier molecular flexibility index (Phi) is 3.90. The molecule has 2 rings (SSSR count). The van der Waals surface area contributed by atoms with Gasteiger partial charge in [0.2, 0.25) is 0 Å². The molecule has 1 aliphatic heterocycles. The summed E-state index contributed by atoms with van der Waals surface area (Å²) in [7, 11) is 0. The first-order valence-electron chi connectivity index (χ1n) is 6.67. The van der Waals surface area contributed by atoms with E-state index in [1.807, 2.05) is 0 Å². The van der Waals surface area contributed by atoms with Crippen LogP contribution in [0.5, 0.6) is 0 Å². The molecule has 1 atom stereocenters. The van der Waals surface area contributed by atoms with Crippen molar-refractivity contribution in [2.24, 2.45) is 5.41 Å². The first-order chi connectivity index (χ1) is 8.88. The van der Waals surface area contributed by atoms with Gasteiger partial charge in [-0.05, 0) is 49.1 Å². The average Bonchev–Trinajstić information content (AvgIpc) is 2.30. The second kappa shape index (κ2) is 5.29. The van der Waals surface area contributed by atoms with E-state index in [1.165, 1.54) is 12.1 Å². The molecule has 1 fully saturated rings. The molecule has 0 spiro atoms. The number of nitrogens with one attached hydrogen (secondary N) is 2. The maximum Gasteiger partial charge on any atom is 0.251 e. The third-order valence-electron chi connectivity index (χ3n) is 3.74. The molecule has 0 aliphatic carbocycles. The quantitative estimate of drug-likeness (QED) is 0.860. The Hall–Kier alpha value is -1.42. The molecule has 2 N–H and O–H groups in total. The Labute approximate surface area is 113 Å². The first kappa shape index (κ1) is 14.0. The van der Waals surface area contributed by atoms with Gasteiger partial charge in [0.05, 0.1) is 0 Å². The van der Waals surface area contributed by atoms with Gasteiger partial charge in [-0.2, -0.15) is 0 Å². The third kappa shape index (κ3) is 3.32. The zero-order chi connectivity index (χ0) is 14.0. The summed E-state index contributed by atoms with van der Waals surface area (Å²) < 4.78 is 13.3. The number of halogens is 1. The molecule has 4 heteroatoms. The van der Waals surface area contributed by atoms with E-state index in [9.17, 15) is 9.18 Å². The molecule has 1 saturated heterocycles. The van der Waals surface area contributed by atoms with Crippen molar-refractivity contribution < 1.29 is 9.18 Å². The van der Waals surface area contributed by atoms with Gasteiger partial charge in [0.1, 0.15) is 5.82 Å². The van der Waals surface area contributed by atoms with E-state index >= 15 is 0 Å². The smallest absolute Gasteiger partial charge is 0.251 e. The predicted molar refractivity (Wildman–Crippen MR) is 73.7 cm³/mol. The molecule has 1 aromatic carbocycles. The highest BCUT2D eigenvalue weighted by Gasteiger charge is 2.33. The molecule has 3 nitrogen and oxygen atoms in total. The molecule has 0 saturated carbocycles. The Morgan fingerprint density at radius 3 is 2.79 bits per heavy atom. The monoisotopic (exact) mass is 264 g/mol. The lowest BCUT2D eigenvalue weighted by atomic mass is 9.80. The number of hydrogen-bond donors (Lipinski definition) is 2. The molecule has 1 aliphatic rings. The minimum absolute atomic E-state index is 0.0102. The minimum atomic E-state index is -0.366. The van der Waals surface area contributed by atoms with Crippen molar-refractivity contribution in [3.8, 4) is 0 Å². The summed E-state index contributed by atoms with van der Waals surface area (Å²) >= 11 is 0. The molecular weight excluding hydrogens is 243 g/mol. The van der Waals surface area contributed by atoms with Crippen molar-refractivity contribution >= 4 is 5.91 Å². The van der Waals surface area contributed by atoms with Crippen LogP contribution in [0, 0.1) is 18.2 Å². The highest BCUT2D eigenvalue weighted by atomic mass is 19.1. The Bertz CT molecular complexity index is 465. The average molecular weight is 264 g/mol. The lowest BCUT2D eigenvalue weighted by Gasteiger charge is -2.39. The third-order valence-corrected chi connectivity index (χ3v) is 3.74. The van der Waals surface area contributed by atoms with Gasteiger partial charge in [-0.25, -0.2) is 4.39 Å². The second-order valence-corrected chi connectivity index (χ2v) is 6.00. The van der Waals surface area contributed by atoms with Crippen molar-refractivity contribution in [1.29, 1.82) is 0 Å². The van der Waals surface area contributed by atoms with Crippen molar-refractivity contribution in [2.75, 3.05) is 13.1 Å². The van der Waals surface area contributed by atoms with Gasteiger partial charge in [0, 0.05) is 18.2 Å². The zero-order valence-electron chi connectivity index (χ0n) is 11.7. The number of carbonyl (C=O) groups excluding carboxylic acids is 1. The summed E-state index contributed by atoms with van der Waals surface area (Å²) in [4.78, 5) is 12.2. The second-order valence-electron chi connectivity index (χ2n) is 6.00. The number of carbonyl (C=O) groups is 1. The van der Waals surface area contributed by atoms with Gasteiger partial charge in [-0.15, -0.1) is 0 Å². The molecule has 0 bridgehead atoms. The van der Waals surface area contributed by atoms with Crippen molar-refractivity contribution in [3.63, 3.8) is 0 Å². The fourth-order valence-corrected chi connectivity index (χ4v) is 2.55. The van der Waals surface area contributed by atoms with Gasteiger partial charge in [0.25, 0.3) is 5.91 Å². The SMILES string of the molecule is Cc1cc(F)cc(C(=O)NC2CCNCC2(C)C)c1. The van der Waals surface area contributed by atoms with Crippen LogP contribution in [-0.2, 0) is 0 Å². The predicted octanol–water partition coefficient (Wildman–Crippen LogP) is 2.25. The number of rotatable bonds is 2. The molecule has 104 valence electrons. The van der Waals surface area contributed by atoms with E-state index in [0.717, 1.165) is 25.1 Å². The van der Waals surface area contributed by atoms with E-state index in [2.05, 4.69) is 24.5 Å². The van der Waals surface area contributed by atoms with E-state index in [4.69, 9.17) is 0 Å². The fourth-order valence-electron chi connectivity index (χ4n) is 2.55. The van der Waals surface area contributed by atoms with Crippen LogP contribution in [0.25, 0.3) is 0 Å². The maximum atomic E-state index is 13.3. The van der Waals surface area contributed by atoms with Crippen LogP contribution in [0.3, 0.4) is 0 Å². The Balaban J connectivity index is 2.12. The molecule has 0 radical (unpaired) electrons. The molecule has 1 aromatic rings. The summed E-state index contributed by atoms with van der Waals surface area (Å²) in [6.07, 6.45) is 0.896. The Morgan fingerprint density at radius 1 is 1.42 bits per heavy atom. The highest BCUT2D eigenvalue weighted by Crippen LogP contribution is 2.25. The minimum Gasteiger partial charge on any atom is -0.349 e. The number of aryl methyl sites for hydroxylation is 1. The van der Waals surface area contributed by atoms with E-state index in [-0.39, 0.29) is 23.2 Å². The van der Waals surface area contributed by atoms with Crippen LogP contribution < -0.4 is 10.6 Å². The van der Waals surface area contributed by atoms with Crippen LogP contribution in [0.1, 0.15) is 36.2 Å². The van der Waals surface area contributed by atoms with E-state index in [1.54, 1.807) is 13.0 Å². The maximum absolute atomic E-state index is 13.3. The van der Waals surface area contributed by atoms with Gasteiger partial charge in [0.15, 0.2) is 0 Å². The van der Waals surface area contributed by atoms with E-state index < -0.39 is 0 Å². The van der Waals surface area contributed by atoms with Crippen molar-refractivity contribution in [3.05, 3.63) is 35.1 Å². The van der Waals surface area contributed by atoms with Crippen molar-refractivity contribution in [1.82, 2.24) is 10.6 Å². The number of piperidine rings is 1. The fraction of sp³-hybridized carbons (Fsp3) is 0.533. The van der Waals surface area contributed by atoms with Crippen LogP contribution in [0.15, 0.2) is 18.2 Å². The highest BCUT2D eigenvalue weighted by molar-refractivity contribution is 5.94. The van der Waals surface area contributed by atoms with Crippen molar-refractivity contribution in [2.45, 2.75) is 33.2 Å². The molecular formula is C15H21FN2O. The molecule has 1 unspecified atom stereocenters. The zero-order valence-corrected chi connectivity index (χ0v) is 11.7. The first-order valence-corrected chi connectivity index (χ1v) is 6.67. The van der Waals surface area contributed by atoms with Crippen LogP contribution in [0.2, 0.25) is 0 Å². The number of amides is 1. The van der Waals surface area contributed by atoms with Gasteiger partial charge in [-0.3, -0.25) is 4.79 Å². The van der Waals surface area contributed by atoms with Crippen LogP contribution >= 0.6 is 0 Å².